The van der Waals surface area contributed by atoms with Gasteiger partial charge < -0.3 is 0 Å². The van der Waals surface area contributed by atoms with Crippen LogP contribution in [0.4, 0.5) is 0 Å². The Labute approximate surface area is 128 Å². The summed E-state index contributed by atoms with van der Waals surface area (Å²) in [6.07, 6.45) is 0. The van der Waals surface area contributed by atoms with Crippen molar-refractivity contribution in [2.24, 2.45) is 0 Å². The zero-order valence-electron chi connectivity index (χ0n) is 11.2. The van der Waals surface area contributed by atoms with Crippen molar-refractivity contribution in [3.05, 3.63) is 63.6 Å². The minimum absolute atomic E-state index is 0.638. The van der Waals surface area contributed by atoms with Gasteiger partial charge in [-0.25, -0.2) is 4.98 Å². The fourth-order valence-electron chi connectivity index (χ4n) is 2.39. The molecule has 1 nitrogen and oxygen atoms in total. The van der Waals surface area contributed by atoms with E-state index in [4.69, 9.17) is 28.2 Å². The molecule has 20 heavy (non-hydrogen) atoms. The van der Waals surface area contributed by atoms with Crippen molar-refractivity contribution in [1.29, 1.82) is 0 Å². The Morgan fingerprint density at radius 1 is 0.950 bits per heavy atom. The first kappa shape index (κ1) is 13.4. The molecule has 0 fully saturated rings. The van der Waals surface area contributed by atoms with E-state index in [-0.39, 0.29) is 0 Å². The van der Waals surface area contributed by atoms with E-state index in [2.05, 4.69) is 0 Å². The number of aryl methyl sites for hydroxylation is 1. The summed E-state index contributed by atoms with van der Waals surface area (Å²) in [4.78, 5) is 4.73. The zero-order valence-corrected chi connectivity index (χ0v) is 12.8. The number of rotatable bonds is 1. The van der Waals surface area contributed by atoms with E-state index in [0.29, 0.717) is 5.02 Å². The van der Waals surface area contributed by atoms with Crippen LogP contribution in [0.3, 0.4) is 0 Å². The SMILES string of the molecule is Cc1cc(Cl)c2nc(-c3ccccc3)c(C)c(Cl)c2c1. The molecule has 3 heteroatoms. The molecule has 100 valence electrons. The molecule has 0 atom stereocenters. The lowest BCUT2D eigenvalue weighted by molar-refractivity contribution is 1.32. The summed E-state index contributed by atoms with van der Waals surface area (Å²) in [5.41, 5.74) is 4.75. The van der Waals surface area contributed by atoms with Crippen molar-refractivity contribution in [2.75, 3.05) is 0 Å². The fraction of sp³-hybridized carbons (Fsp3) is 0.118. The van der Waals surface area contributed by atoms with E-state index in [1.807, 2.05) is 56.3 Å². The van der Waals surface area contributed by atoms with Gasteiger partial charge in [0.25, 0.3) is 0 Å². The summed E-state index contributed by atoms with van der Waals surface area (Å²) < 4.78 is 0. The second kappa shape index (κ2) is 5.08. The van der Waals surface area contributed by atoms with Crippen LogP contribution in [-0.4, -0.2) is 4.98 Å². The van der Waals surface area contributed by atoms with Crippen molar-refractivity contribution in [2.45, 2.75) is 13.8 Å². The molecule has 2 aromatic carbocycles. The summed E-state index contributed by atoms with van der Waals surface area (Å²) in [6, 6.07) is 14.0. The molecular formula is C17H13Cl2N. The molecule has 0 radical (unpaired) electrons. The predicted octanol–water partition coefficient (Wildman–Crippen LogP) is 5.83. The van der Waals surface area contributed by atoms with Crippen molar-refractivity contribution < 1.29 is 0 Å². The van der Waals surface area contributed by atoms with Gasteiger partial charge in [0.15, 0.2) is 0 Å². The van der Waals surface area contributed by atoms with Gasteiger partial charge in [-0.2, -0.15) is 0 Å². The standard InChI is InChI=1S/C17H13Cl2N/c1-10-8-13-15(19)11(2)16(12-6-4-3-5-7-12)20-17(13)14(18)9-10/h3-9H,1-2H3. The predicted molar refractivity (Wildman–Crippen MR) is 86.7 cm³/mol. The molecule has 0 aliphatic heterocycles. The molecule has 1 aromatic heterocycles. The molecule has 0 N–H and O–H groups in total. The molecule has 0 saturated heterocycles. The Balaban J connectivity index is 2.39. The lowest BCUT2D eigenvalue weighted by Crippen LogP contribution is -1.93. The van der Waals surface area contributed by atoms with Gasteiger partial charge in [-0.1, -0.05) is 53.5 Å². The molecule has 0 unspecified atom stereocenters. The number of hydrogen-bond acceptors (Lipinski definition) is 1. The van der Waals surface area contributed by atoms with E-state index in [9.17, 15) is 0 Å². The molecule has 3 rings (SSSR count). The van der Waals surface area contributed by atoms with Crippen molar-refractivity contribution >= 4 is 34.1 Å². The third-order valence-electron chi connectivity index (χ3n) is 3.40. The van der Waals surface area contributed by atoms with Crippen LogP contribution in [0.5, 0.6) is 0 Å². The third-order valence-corrected chi connectivity index (χ3v) is 4.17. The molecule has 0 bridgehead atoms. The number of pyridine rings is 1. The number of nitrogens with zero attached hydrogens (tertiary/aromatic N) is 1. The van der Waals surface area contributed by atoms with E-state index < -0.39 is 0 Å². The van der Waals surface area contributed by atoms with E-state index in [1.54, 1.807) is 0 Å². The van der Waals surface area contributed by atoms with Crippen LogP contribution in [0.1, 0.15) is 11.1 Å². The van der Waals surface area contributed by atoms with Gasteiger partial charge in [-0.05, 0) is 37.1 Å². The highest BCUT2D eigenvalue weighted by molar-refractivity contribution is 6.40. The average molecular weight is 302 g/mol. The summed E-state index contributed by atoms with van der Waals surface area (Å²) in [7, 11) is 0. The summed E-state index contributed by atoms with van der Waals surface area (Å²) in [5.74, 6) is 0. The Bertz CT molecular complexity index is 795. The molecule has 0 amide bonds. The molecule has 0 spiro atoms. The molecule has 0 aliphatic carbocycles. The minimum Gasteiger partial charge on any atom is -0.246 e. The topological polar surface area (TPSA) is 12.9 Å². The zero-order chi connectivity index (χ0) is 14.3. The van der Waals surface area contributed by atoms with Gasteiger partial charge in [0.05, 0.1) is 21.3 Å². The van der Waals surface area contributed by atoms with Crippen LogP contribution >= 0.6 is 23.2 Å². The maximum Gasteiger partial charge on any atom is 0.0911 e. The number of benzene rings is 2. The quantitative estimate of drug-likeness (QED) is 0.551. The van der Waals surface area contributed by atoms with Gasteiger partial charge in [0.1, 0.15) is 0 Å². The van der Waals surface area contributed by atoms with Gasteiger partial charge in [0.2, 0.25) is 0 Å². The molecule has 0 aliphatic rings. The van der Waals surface area contributed by atoms with Crippen molar-refractivity contribution in [3.63, 3.8) is 0 Å². The number of aromatic nitrogens is 1. The first-order valence-electron chi connectivity index (χ1n) is 6.39. The van der Waals surface area contributed by atoms with Crippen LogP contribution in [0.25, 0.3) is 22.2 Å². The van der Waals surface area contributed by atoms with Crippen LogP contribution in [-0.2, 0) is 0 Å². The number of fused-ring (bicyclic) bond motifs is 1. The first-order chi connectivity index (χ1) is 9.58. The first-order valence-corrected chi connectivity index (χ1v) is 7.15. The Hall–Kier alpha value is -1.57. The van der Waals surface area contributed by atoms with E-state index in [1.165, 1.54) is 0 Å². The Morgan fingerprint density at radius 3 is 2.35 bits per heavy atom. The average Bonchev–Trinajstić information content (AvgIpc) is 2.44. The summed E-state index contributed by atoms with van der Waals surface area (Å²) in [5, 5.41) is 2.27. The fourth-order valence-corrected chi connectivity index (χ4v) is 2.94. The highest BCUT2D eigenvalue weighted by Gasteiger charge is 2.14. The third kappa shape index (κ3) is 2.17. The van der Waals surface area contributed by atoms with E-state index in [0.717, 1.165) is 38.3 Å². The van der Waals surface area contributed by atoms with E-state index >= 15 is 0 Å². The molecule has 3 aromatic rings. The van der Waals surface area contributed by atoms with Crippen LogP contribution in [0.2, 0.25) is 10.0 Å². The number of hydrogen-bond donors (Lipinski definition) is 0. The van der Waals surface area contributed by atoms with Gasteiger partial charge in [-0.3, -0.25) is 0 Å². The summed E-state index contributed by atoms with van der Waals surface area (Å²) >= 11 is 12.9. The second-order valence-electron chi connectivity index (χ2n) is 4.91. The van der Waals surface area contributed by atoms with Crippen LogP contribution < -0.4 is 0 Å². The smallest absolute Gasteiger partial charge is 0.0911 e. The van der Waals surface area contributed by atoms with Gasteiger partial charge >= 0.3 is 0 Å². The van der Waals surface area contributed by atoms with Gasteiger partial charge in [-0.15, -0.1) is 0 Å². The van der Waals surface area contributed by atoms with Crippen LogP contribution in [0, 0.1) is 13.8 Å². The lowest BCUT2D eigenvalue weighted by atomic mass is 10.0. The van der Waals surface area contributed by atoms with Crippen molar-refractivity contribution in [1.82, 2.24) is 4.98 Å². The maximum atomic E-state index is 6.53. The normalized spacial score (nSPS) is 11.0. The Morgan fingerprint density at radius 2 is 1.65 bits per heavy atom. The van der Waals surface area contributed by atoms with Crippen LogP contribution in [0.15, 0.2) is 42.5 Å². The summed E-state index contributed by atoms with van der Waals surface area (Å²) in [6.45, 7) is 4.00. The highest BCUT2D eigenvalue weighted by atomic mass is 35.5. The number of halogens is 2. The minimum atomic E-state index is 0.638. The molecule has 1 heterocycles. The van der Waals surface area contributed by atoms with Crippen molar-refractivity contribution in [3.8, 4) is 11.3 Å². The maximum absolute atomic E-state index is 6.53. The lowest BCUT2D eigenvalue weighted by Gasteiger charge is -2.12. The highest BCUT2D eigenvalue weighted by Crippen LogP contribution is 2.36. The second-order valence-corrected chi connectivity index (χ2v) is 5.69. The largest absolute Gasteiger partial charge is 0.246 e. The molecule has 0 saturated carbocycles. The Kier molecular flexibility index (Phi) is 3.41. The monoisotopic (exact) mass is 301 g/mol. The molecular weight excluding hydrogens is 289 g/mol. The van der Waals surface area contributed by atoms with Gasteiger partial charge in [0, 0.05) is 10.9 Å².